The Kier molecular flexibility index (Phi) is 6.04. The van der Waals surface area contributed by atoms with Gasteiger partial charge in [-0.25, -0.2) is 9.97 Å². The molecule has 0 radical (unpaired) electrons. The van der Waals surface area contributed by atoms with E-state index < -0.39 is 5.41 Å². The SMILES string of the molecule is c1ccc(-c2cc(-c3ccc4c(c3)C3(c5ccccc5O4)c4ccccc4-c4c3ccc3sc5ccccc5c43)nc(-c3ccccc3)n2)cc1. The van der Waals surface area contributed by atoms with Crippen molar-refractivity contribution in [2.75, 3.05) is 0 Å². The monoisotopic (exact) mass is 668 g/mol. The fourth-order valence-electron chi connectivity index (χ4n) is 8.43. The van der Waals surface area contributed by atoms with Gasteiger partial charge in [0.15, 0.2) is 5.82 Å². The molecule has 1 atom stereocenters. The van der Waals surface area contributed by atoms with Gasteiger partial charge in [0.25, 0.3) is 0 Å². The molecular formula is C47H28N2OS. The first-order valence-electron chi connectivity index (χ1n) is 17.2. The highest BCUT2D eigenvalue weighted by molar-refractivity contribution is 7.26. The van der Waals surface area contributed by atoms with Gasteiger partial charge < -0.3 is 4.74 Å². The van der Waals surface area contributed by atoms with Crippen LogP contribution in [0.5, 0.6) is 11.5 Å². The Labute approximate surface area is 299 Å². The van der Waals surface area contributed by atoms with Crippen molar-refractivity contribution in [2.45, 2.75) is 5.41 Å². The third kappa shape index (κ3) is 4.05. The molecule has 0 N–H and O–H groups in total. The van der Waals surface area contributed by atoms with Crippen molar-refractivity contribution >= 4 is 31.5 Å². The molecular weight excluding hydrogens is 641 g/mol. The van der Waals surface area contributed by atoms with Gasteiger partial charge in [-0.2, -0.15) is 0 Å². The molecule has 51 heavy (non-hydrogen) atoms. The van der Waals surface area contributed by atoms with E-state index in [0.717, 1.165) is 50.7 Å². The molecule has 3 heterocycles. The van der Waals surface area contributed by atoms with E-state index in [0.29, 0.717) is 5.82 Å². The average Bonchev–Trinajstić information content (AvgIpc) is 3.72. The molecule has 0 saturated carbocycles. The zero-order valence-corrected chi connectivity index (χ0v) is 28.2. The third-order valence-electron chi connectivity index (χ3n) is 10.6. The molecule has 9 aromatic rings. The van der Waals surface area contributed by atoms with Crippen LogP contribution in [0.15, 0.2) is 170 Å². The summed E-state index contributed by atoms with van der Waals surface area (Å²) in [6, 6.07) is 60.4. The maximum atomic E-state index is 6.78. The van der Waals surface area contributed by atoms with E-state index in [1.165, 1.54) is 42.4 Å². The van der Waals surface area contributed by atoms with Crippen LogP contribution < -0.4 is 4.74 Å². The second-order valence-corrected chi connectivity index (χ2v) is 14.3. The van der Waals surface area contributed by atoms with Gasteiger partial charge in [-0.3, -0.25) is 0 Å². The van der Waals surface area contributed by atoms with Crippen LogP contribution in [0.3, 0.4) is 0 Å². The van der Waals surface area contributed by atoms with E-state index >= 15 is 0 Å². The molecule has 2 aromatic heterocycles. The summed E-state index contributed by atoms with van der Waals surface area (Å²) in [5.74, 6) is 2.44. The molecule has 1 aliphatic carbocycles. The molecule has 11 rings (SSSR count). The fraction of sp³-hybridized carbons (Fsp3) is 0.0213. The zero-order valence-electron chi connectivity index (χ0n) is 27.4. The number of thiophene rings is 1. The van der Waals surface area contributed by atoms with Crippen molar-refractivity contribution in [3.8, 4) is 56.5 Å². The lowest BCUT2D eigenvalue weighted by Gasteiger charge is -2.39. The van der Waals surface area contributed by atoms with Gasteiger partial charge >= 0.3 is 0 Å². The van der Waals surface area contributed by atoms with E-state index in [9.17, 15) is 0 Å². The summed E-state index contributed by atoms with van der Waals surface area (Å²) in [4.78, 5) is 10.3. The van der Waals surface area contributed by atoms with Gasteiger partial charge in [-0.1, -0.05) is 127 Å². The topological polar surface area (TPSA) is 35.0 Å². The maximum Gasteiger partial charge on any atom is 0.160 e. The van der Waals surface area contributed by atoms with Crippen LogP contribution in [-0.2, 0) is 5.41 Å². The molecule has 238 valence electrons. The predicted molar refractivity (Wildman–Crippen MR) is 209 cm³/mol. The molecule has 3 nitrogen and oxygen atoms in total. The number of aromatic nitrogens is 2. The van der Waals surface area contributed by atoms with Crippen molar-refractivity contribution in [1.29, 1.82) is 0 Å². The standard InChI is InChI=1S/C47H28N2OS/c1-3-13-29(14-4-1)38-28-39(49-46(48-38)30-15-5-2-6-16-30)31-23-25-41-37(27-31)47(35-20-10-11-21-40(35)50-41)34-19-9-7-17-32(34)44-36(47)24-26-43-45(44)33-18-8-12-22-42(33)51-43/h1-28H. The summed E-state index contributed by atoms with van der Waals surface area (Å²) in [5, 5.41) is 2.63. The summed E-state index contributed by atoms with van der Waals surface area (Å²) in [6.07, 6.45) is 0. The van der Waals surface area contributed by atoms with Crippen LogP contribution in [0.25, 0.3) is 65.2 Å². The van der Waals surface area contributed by atoms with E-state index in [4.69, 9.17) is 14.7 Å². The minimum Gasteiger partial charge on any atom is -0.457 e. The number of nitrogens with zero attached hydrogens (tertiary/aromatic N) is 2. The lowest BCUT2D eigenvalue weighted by molar-refractivity contribution is 0.436. The van der Waals surface area contributed by atoms with E-state index in [2.05, 4.69) is 146 Å². The van der Waals surface area contributed by atoms with E-state index in [1.54, 1.807) is 0 Å². The zero-order chi connectivity index (χ0) is 33.5. The summed E-state index contributed by atoms with van der Waals surface area (Å²) >= 11 is 1.87. The predicted octanol–water partition coefficient (Wildman–Crippen LogP) is 12.3. The number of benzene rings is 7. The number of hydrogen-bond donors (Lipinski definition) is 0. The molecule has 0 saturated heterocycles. The molecule has 1 spiro atoms. The number of ether oxygens (including phenoxy) is 1. The first-order chi connectivity index (χ1) is 25.3. The van der Waals surface area contributed by atoms with Gasteiger partial charge in [0, 0.05) is 48.0 Å². The molecule has 2 aliphatic rings. The first-order valence-corrected chi connectivity index (χ1v) is 18.1. The largest absolute Gasteiger partial charge is 0.457 e. The van der Waals surface area contributed by atoms with E-state index in [1.807, 2.05) is 35.6 Å². The van der Waals surface area contributed by atoms with Crippen molar-refractivity contribution in [1.82, 2.24) is 9.97 Å². The van der Waals surface area contributed by atoms with Gasteiger partial charge in [0.1, 0.15) is 11.5 Å². The van der Waals surface area contributed by atoms with Crippen molar-refractivity contribution in [3.63, 3.8) is 0 Å². The summed E-state index contributed by atoms with van der Waals surface area (Å²) in [6.45, 7) is 0. The third-order valence-corrected chi connectivity index (χ3v) is 11.7. The van der Waals surface area contributed by atoms with Crippen LogP contribution in [-0.4, -0.2) is 9.97 Å². The summed E-state index contributed by atoms with van der Waals surface area (Å²) in [7, 11) is 0. The molecule has 0 fully saturated rings. The van der Waals surface area contributed by atoms with Crippen LogP contribution in [0, 0.1) is 0 Å². The molecule has 1 aliphatic heterocycles. The fourth-order valence-corrected chi connectivity index (χ4v) is 9.54. The smallest absolute Gasteiger partial charge is 0.160 e. The molecule has 0 bridgehead atoms. The molecule has 0 amide bonds. The van der Waals surface area contributed by atoms with Crippen molar-refractivity contribution in [3.05, 3.63) is 192 Å². The summed E-state index contributed by atoms with van der Waals surface area (Å²) < 4.78 is 9.39. The normalized spacial score (nSPS) is 15.3. The highest BCUT2D eigenvalue weighted by atomic mass is 32.1. The first kappa shape index (κ1) is 28.5. The van der Waals surface area contributed by atoms with Crippen LogP contribution >= 0.6 is 11.3 Å². The second-order valence-electron chi connectivity index (χ2n) is 13.3. The van der Waals surface area contributed by atoms with E-state index in [-0.39, 0.29) is 0 Å². The molecule has 1 unspecified atom stereocenters. The Balaban J connectivity index is 1.22. The minimum atomic E-state index is -0.596. The van der Waals surface area contributed by atoms with Gasteiger partial charge in [0.2, 0.25) is 0 Å². The van der Waals surface area contributed by atoms with Gasteiger partial charge in [-0.15, -0.1) is 11.3 Å². The number of para-hydroxylation sites is 1. The highest BCUT2D eigenvalue weighted by Crippen LogP contribution is 2.64. The second kappa shape index (κ2) is 10.8. The van der Waals surface area contributed by atoms with Crippen molar-refractivity contribution in [2.24, 2.45) is 0 Å². The maximum absolute atomic E-state index is 6.78. The van der Waals surface area contributed by atoms with Crippen LogP contribution in [0.4, 0.5) is 0 Å². The lowest BCUT2D eigenvalue weighted by Crippen LogP contribution is -2.32. The van der Waals surface area contributed by atoms with Crippen LogP contribution in [0.1, 0.15) is 22.3 Å². The Morgan fingerprint density at radius 2 is 1.12 bits per heavy atom. The minimum absolute atomic E-state index is 0.596. The Hall–Kier alpha value is -6.36. The number of fused-ring (bicyclic) bond motifs is 13. The summed E-state index contributed by atoms with van der Waals surface area (Å²) in [5.41, 5.74) is 11.6. The quantitative estimate of drug-likeness (QED) is 0.188. The Morgan fingerprint density at radius 3 is 1.96 bits per heavy atom. The number of hydrogen-bond acceptors (Lipinski definition) is 4. The lowest BCUT2D eigenvalue weighted by atomic mass is 9.65. The van der Waals surface area contributed by atoms with Gasteiger partial charge in [0.05, 0.1) is 16.8 Å². The van der Waals surface area contributed by atoms with Gasteiger partial charge in [-0.05, 0) is 64.7 Å². The highest BCUT2D eigenvalue weighted by Gasteiger charge is 2.51. The van der Waals surface area contributed by atoms with Crippen molar-refractivity contribution < 1.29 is 4.74 Å². The van der Waals surface area contributed by atoms with Crippen LogP contribution in [0.2, 0.25) is 0 Å². The molecule has 7 aromatic carbocycles. The Morgan fingerprint density at radius 1 is 0.451 bits per heavy atom. The molecule has 4 heteroatoms. The number of rotatable bonds is 3. The Bertz CT molecular complexity index is 2780. The average molecular weight is 669 g/mol.